The summed E-state index contributed by atoms with van der Waals surface area (Å²) in [7, 11) is 1.19. The van der Waals surface area contributed by atoms with Crippen LogP contribution in [-0.2, 0) is 63.7 Å². The van der Waals surface area contributed by atoms with E-state index in [1.54, 1.807) is 48.5 Å². The minimum atomic E-state index is -1.24. The lowest BCUT2D eigenvalue weighted by molar-refractivity contribution is -0.158. The average Bonchev–Trinajstić information content (AvgIpc) is 1.59. The number of aliphatic hydroxyl groups is 1. The second kappa shape index (κ2) is 33.8. The van der Waals surface area contributed by atoms with Crippen molar-refractivity contribution in [1.29, 1.82) is 0 Å². The number of hydrogen-bond acceptors (Lipinski definition) is 15. The van der Waals surface area contributed by atoms with Gasteiger partial charge < -0.3 is 45.3 Å². The molecule has 19 heteroatoms. The number of amides is 4. The fourth-order valence-corrected chi connectivity index (χ4v) is 12.9. The zero-order valence-corrected chi connectivity index (χ0v) is 56.8. The Morgan fingerprint density at radius 3 is 1.91 bits per heavy atom. The number of urea groups is 1. The molecule has 0 aromatic heterocycles. The van der Waals surface area contributed by atoms with Crippen molar-refractivity contribution >= 4 is 69.8 Å². The first-order valence-corrected chi connectivity index (χ1v) is 33.6. The zero-order valence-electron chi connectivity index (χ0n) is 56.8. The van der Waals surface area contributed by atoms with E-state index in [1.165, 1.54) is 7.11 Å². The fraction of sp³-hybridized carbons (Fsp3) is 0.547. The van der Waals surface area contributed by atoms with Gasteiger partial charge in [-0.25, -0.2) is 14.4 Å². The number of hydrogen-bond donors (Lipinski definition) is 5. The number of ether oxygens (including phenoxy) is 4. The van der Waals surface area contributed by atoms with Gasteiger partial charge in [0.1, 0.15) is 47.5 Å². The second-order valence-corrected chi connectivity index (χ2v) is 28.4. The van der Waals surface area contributed by atoms with Gasteiger partial charge in [-0.3, -0.25) is 33.8 Å². The molecule has 508 valence electrons. The first-order valence-electron chi connectivity index (χ1n) is 33.6. The van der Waals surface area contributed by atoms with Gasteiger partial charge in [-0.15, -0.1) is 0 Å². The summed E-state index contributed by atoms with van der Waals surface area (Å²) in [6.45, 7) is 16.5. The van der Waals surface area contributed by atoms with Crippen LogP contribution in [0.4, 0.5) is 4.79 Å². The molecule has 1 fully saturated rings. The Bertz CT molecular complexity index is 3370. The van der Waals surface area contributed by atoms with Crippen LogP contribution in [0, 0.1) is 23.2 Å². The third-order valence-electron chi connectivity index (χ3n) is 17.6. The summed E-state index contributed by atoms with van der Waals surface area (Å²) in [5, 5.41) is 24.4. The largest absolute Gasteiger partial charge is 0.511 e. The molecule has 7 rings (SSSR count). The van der Waals surface area contributed by atoms with Crippen LogP contribution in [0.25, 0.3) is 21.9 Å². The Labute approximate surface area is 554 Å². The summed E-state index contributed by atoms with van der Waals surface area (Å²) >= 11 is 0. The number of unbranched alkanes of at least 4 members (excludes halogenated alkanes) is 3. The number of aliphatic hydroxyl groups excluding tert-OH is 1. The van der Waals surface area contributed by atoms with Crippen LogP contribution >= 0.6 is 0 Å². The summed E-state index contributed by atoms with van der Waals surface area (Å²) in [5.41, 5.74) is 3.93. The highest BCUT2D eigenvalue weighted by Crippen LogP contribution is 2.45. The quantitative estimate of drug-likeness (QED) is 0.0136. The van der Waals surface area contributed by atoms with E-state index in [-0.39, 0.29) is 110 Å². The van der Waals surface area contributed by atoms with Crippen molar-refractivity contribution in [3.8, 4) is 11.1 Å². The van der Waals surface area contributed by atoms with E-state index < -0.39 is 64.6 Å². The number of carbonyl (C=O) groups is 9. The van der Waals surface area contributed by atoms with E-state index in [0.717, 1.165) is 38.6 Å². The summed E-state index contributed by atoms with van der Waals surface area (Å²) in [6.07, 6.45) is 6.36. The lowest BCUT2D eigenvalue weighted by atomic mass is 9.75. The molecule has 4 atom stereocenters. The van der Waals surface area contributed by atoms with Gasteiger partial charge in [-0.2, -0.15) is 0 Å². The van der Waals surface area contributed by atoms with Gasteiger partial charge in [0.25, 0.3) is 0 Å². The molecule has 4 amide bonds. The monoisotopic (exact) mass is 1290 g/mol. The van der Waals surface area contributed by atoms with E-state index >= 15 is 0 Å². The number of nitrogens with zero attached hydrogens (tertiary/aromatic N) is 1. The Kier molecular flexibility index (Phi) is 26.3. The van der Waals surface area contributed by atoms with Gasteiger partial charge in [0, 0.05) is 68.7 Å². The second-order valence-electron chi connectivity index (χ2n) is 28.4. The Hall–Kier alpha value is -8.22. The number of carbonyl (C=O) groups excluding carboxylic acids is 9. The maximum absolute atomic E-state index is 14.3. The standard InChI is InChI=1S/C75H99N5O14/c1-47(67-63(82)43-75(8,9)44-64(67)83)78-59(28-12-11-13-30-65(84)92-46-58-56-26-18-16-24-54(56)55-25-17-19-27-57(55)58)69(87)77-45-48-31-35-51(36-32-48)62(81)42-53(41-49-33-34-50-22-14-15-23-52(50)40-49)68(86)76-39-21-20-29-60(70(88)91-10)79-72(90)80-61(71(89)94-74(5,6)7)37-38-66(85)93-73(2,3)4/h14-19,22-27,33-34,40,48,51,53,58-61,82H,11-13,20-21,28-32,35-39,41-46H2,1-10H3,(H,76,86)(H,77,87)(H2,79,80,90). The number of nitrogens with one attached hydrogen (secondary N) is 4. The molecule has 1 saturated carbocycles. The molecule has 0 heterocycles. The van der Waals surface area contributed by atoms with Crippen molar-refractivity contribution in [1.82, 2.24) is 21.3 Å². The third kappa shape index (κ3) is 22.2. The number of aliphatic imine (C=N–C) groups is 1. The third-order valence-corrected chi connectivity index (χ3v) is 17.6. The highest BCUT2D eigenvalue weighted by atomic mass is 16.6. The minimum absolute atomic E-state index is 0.00542. The van der Waals surface area contributed by atoms with Gasteiger partial charge in [-0.05, 0) is 169 Å². The molecule has 19 nitrogen and oxygen atoms in total. The molecular weight excluding hydrogens is 1190 g/mol. The van der Waals surface area contributed by atoms with Gasteiger partial charge in [0.2, 0.25) is 11.8 Å². The molecule has 0 radical (unpaired) electrons. The van der Waals surface area contributed by atoms with E-state index in [4.69, 9.17) is 23.9 Å². The number of Topliss-reactive ketones (excluding diaryl/α,β-unsaturated/α-hetero) is 2. The number of esters is 4. The Morgan fingerprint density at radius 1 is 0.660 bits per heavy atom. The highest BCUT2D eigenvalue weighted by molar-refractivity contribution is 6.22. The molecule has 0 bridgehead atoms. The van der Waals surface area contributed by atoms with E-state index in [0.29, 0.717) is 89.3 Å². The lowest BCUT2D eigenvalue weighted by Gasteiger charge is -2.30. The van der Waals surface area contributed by atoms with Gasteiger partial charge in [-0.1, -0.05) is 118 Å². The van der Waals surface area contributed by atoms with E-state index in [2.05, 4.69) is 45.5 Å². The predicted molar refractivity (Wildman–Crippen MR) is 361 cm³/mol. The minimum Gasteiger partial charge on any atom is -0.511 e. The topological polar surface area (TPSA) is 271 Å². The highest BCUT2D eigenvalue weighted by Gasteiger charge is 2.37. The van der Waals surface area contributed by atoms with Gasteiger partial charge in [0.05, 0.1) is 12.7 Å². The van der Waals surface area contributed by atoms with Crippen LogP contribution in [0.5, 0.6) is 0 Å². The van der Waals surface area contributed by atoms with E-state index in [9.17, 15) is 48.3 Å². The predicted octanol–water partition coefficient (Wildman–Crippen LogP) is 12.2. The number of rotatable bonds is 31. The van der Waals surface area contributed by atoms with Crippen LogP contribution in [-0.4, -0.2) is 120 Å². The molecule has 5 N–H and O–H groups in total. The summed E-state index contributed by atoms with van der Waals surface area (Å²) in [6, 6.07) is 26.3. The molecular formula is C75H99N5O14. The number of ketones is 2. The molecule has 3 aliphatic carbocycles. The Balaban J connectivity index is 0.908. The molecule has 94 heavy (non-hydrogen) atoms. The summed E-state index contributed by atoms with van der Waals surface area (Å²) < 4.78 is 21.7. The van der Waals surface area contributed by atoms with Crippen molar-refractivity contribution < 1.29 is 67.2 Å². The Morgan fingerprint density at radius 2 is 1.28 bits per heavy atom. The number of allylic oxidation sites excluding steroid dienone is 2. The molecule has 4 aromatic rings. The van der Waals surface area contributed by atoms with Crippen LogP contribution in [0.1, 0.15) is 194 Å². The maximum Gasteiger partial charge on any atom is 0.329 e. The molecule has 0 aliphatic heterocycles. The van der Waals surface area contributed by atoms with Gasteiger partial charge >= 0.3 is 29.9 Å². The van der Waals surface area contributed by atoms with Crippen LogP contribution in [0.15, 0.2) is 107 Å². The fourth-order valence-electron chi connectivity index (χ4n) is 12.9. The van der Waals surface area contributed by atoms with Crippen molar-refractivity contribution in [2.24, 2.45) is 28.2 Å². The molecule has 0 spiro atoms. The molecule has 4 unspecified atom stereocenters. The van der Waals surface area contributed by atoms with E-state index in [1.807, 2.05) is 80.6 Å². The number of benzene rings is 4. The van der Waals surface area contributed by atoms with Crippen molar-refractivity contribution in [2.75, 3.05) is 26.8 Å². The maximum atomic E-state index is 14.3. The van der Waals surface area contributed by atoms with Crippen LogP contribution < -0.4 is 21.3 Å². The number of fused-ring (bicyclic) bond motifs is 4. The normalized spacial score (nSPS) is 17.7. The molecule has 4 aromatic carbocycles. The molecule has 0 saturated heterocycles. The zero-order chi connectivity index (χ0) is 68.3. The number of methoxy groups -OCH3 is 1. The first kappa shape index (κ1) is 73.2. The summed E-state index contributed by atoms with van der Waals surface area (Å²) in [4.78, 5) is 126. The lowest BCUT2D eigenvalue weighted by Crippen LogP contribution is -2.52. The first-order chi connectivity index (χ1) is 44.6. The average molecular weight is 1290 g/mol. The van der Waals surface area contributed by atoms with Crippen molar-refractivity contribution in [2.45, 2.75) is 213 Å². The van der Waals surface area contributed by atoms with Gasteiger partial charge in [0.15, 0.2) is 5.78 Å². The van der Waals surface area contributed by atoms with Crippen molar-refractivity contribution in [3.05, 3.63) is 119 Å². The summed E-state index contributed by atoms with van der Waals surface area (Å²) in [5.74, 6) is -4.09. The smallest absolute Gasteiger partial charge is 0.329 e. The van der Waals surface area contributed by atoms with Crippen LogP contribution in [0.3, 0.4) is 0 Å². The van der Waals surface area contributed by atoms with Crippen LogP contribution in [0.2, 0.25) is 0 Å². The van der Waals surface area contributed by atoms with Crippen molar-refractivity contribution in [3.63, 3.8) is 0 Å². The molecule has 3 aliphatic rings. The SMILES string of the molecule is COC(=O)C(CCCCNC(=O)C(CC(=O)C1CCC(CNC(=O)C(CCCCCC(=O)OCC2c3ccccc3-c3ccccc32)N=C(C)C2=C(O)CC(C)(C)CC2=O)CC1)Cc1ccc2ccccc2c1)NC(=O)NC(CCC(=O)OC(C)(C)C)C(=O)OC(C)(C)C.